The molecule has 1 aromatic heterocycles. The summed E-state index contributed by atoms with van der Waals surface area (Å²) in [7, 11) is 0. The molecule has 0 saturated carbocycles. The minimum absolute atomic E-state index is 0.0762. The number of hydrogen-bond donors (Lipinski definition) is 2. The van der Waals surface area contributed by atoms with Crippen molar-refractivity contribution in [3.05, 3.63) is 33.4 Å². The lowest BCUT2D eigenvalue weighted by Gasteiger charge is -2.36. The Kier molecular flexibility index (Phi) is 3.21. The average Bonchev–Trinajstić information content (AvgIpc) is 2.72. The summed E-state index contributed by atoms with van der Waals surface area (Å²) in [5.41, 5.74) is -3.61. The van der Waals surface area contributed by atoms with Crippen molar-refractivity contribution in [2.24, 2.45) is 0 Å². The lowest BCUT2D eigenvalue weighted by atomic mass is 9.81. The van der Waals surface area contributed by atoms with E-state index in [1.807, 2.05) is 0 Å². The first-order chi connectivity index (χ1) is 9.66. The Balaban J connectivity index is 2.33. The van der Waals surface area contributed by atoms with Crippen LogP contribution in [0.15, 0.2) is 12.1 Å². The standard InChI is InChI=1S/C13H9Cl2F4NO/c14-7-3-6-5-1-2-10(16)12(21,13(17,18)19)11(5)20-9(6)4-8(7)15/h3-4,10,20-21H,1-2H2. The van der Waals surface area contributed by atoms with E-state index >= 15 is 0 Å². The molecular formula is C13H9Cl2F4NO. The molecule has 2 nitrogen and oxygen atoms in total. The fourth-order valence-electron chi connectivity index (χ4n) is 2.79. The van der Waals surface area contributed by atoms with Crippen molar-refractivity contribution < 1.29 is 22.7 Å². The third-order valence-electron chi connectivity index (χ3n) is 3.86. The van der Waals surface area contributed by atoms with E-state index in [-0.39, 0.29) is 27.5 Å². The summed E-state index contributed by atoms with van der Waals surface area (Å²) >= 11 is 11.7. The van der Waals surface area contributed by atoms with Gasteiger partial charge < -0.3 is 10.1 Å². The zero-order chi connectivity index (χ0) is 15.6. The third kappa shape index (κ3) is 1.96. The summed E-state index contributed by atoms with van der Waals surface area (Å²) in [4.78, 5) is 2.46. The van der Waals surface area contributed by atoms with Gasteiger partial charge in [0.2, 0.25) is 5.60 Å². The summed E-state index contributed by atoms with van der Waals surface area (Å²) in [6, 6.07) is 2.78. The molecule has 0 fully saturated rings. The highest BCUT2D eigenvalue weighted by Gasteiger charge is 2.63. The van der Waals surface area contributed by atoms with Crippen LogP contribution in [0.1, 0.15) is 17.7 Å². The van der Waals surface area contributed by atoms with E-state index in [2.05, 4.69) is 4.98 Å². The van der Waals surface area contributed by atoms with Gasteiger partial charge in [0.15, 0.2) is 0 Å². The van der Waals surface area contributed by atoms with Crippen LogP contribution in [0, 0.1) is 0 Å². The summed E-state index contributed by atoms with van der Waals surface area (Å²) in [5, 5.41) is 10.7. The largest absolute Gasteiger partial charge is 0.425 e. The summed E-state index contributed by atoms with van der Waals surface area (Å²) < 4.78 is 53.4. The fourth-order valence-corrected chi connectivity index (χ4v) is 3.11. The second-order valence-electron chi connectivity index (χ2n) is 5.06. The summed E-state index contributed by atoms with van der Waals surface area (Å²) in [5.74, 6) is 0. The highest BCUT2D eigenvalue weighted by Crippen LogP contribution is 2.49. The van der Waals surface area contributed by atoms with Crippen LogP contribution in [0.25, 0.3) is 10.9 Å². The zero-order valence-corrected chi connectivity index (χ0v) is 11.9. The van der Waals surface area contributed by atoms with Crippen LogP contribution in [0.3, 0.4) is 0 Å². The molecule has 0 bridgehead atoms. The molecular weight excluding hydrogens is 333 g/mol. The van der Waals surface area contributed by atoms with Crippen molar-refractivity contribution in [1.82, 2.24) is 4.98 Å². The lowest BCUT2D eigenvalue weighted by Crippen LogP contribution is -2.52. The predicted molar refractivity (Wildman–Crippen MR) is 71.5 cm³/mol. The Bertz CT molecular complexity index is 727. The molecule has 1 heterocycles. The number of nitrogens with one attached hydrogen (secondary N) is 1. The molecule has 21 heavy (non-hydrogen) atoms. The highest BCUT2D eigenvalue weighted by atomic mass is 35.5. The maximum absolute atomic E-state index is 13.9. The maximum atomic E-state index is 13.9. The number of fused-ring (bicyclic) bond motifs is 3. The monoisotopic (exact) mass is 341 g/mol. The first kappa shape index (κ1) is 14.9. The van der Waals surface area contributed by atoms with Crippen LogP contribution >= 0.6 is 23.2 Å². The van der Waals surface area contributed by atoms with Gasteiger partial charge in [-0.05, 0) is 30.5 Å². The predicted octanol–water partition coefficient (Wildman–Crippen LogP) is 4.51. The molecule has 0 radical (unpaired) electrons. The van der Waals surface area contributed by atoms with Gasteiger partial charge in [-0.15, -0.1) is 0 Å². The van der Waals surface area contributed by atoms with Gasteiger partial charge in [-0.25, -0.2) is 4.39 Å². The normalized spacial score (nSPS) is 26.1. The first-order valence-electron chi connectivity index (χ1n) is 6.09. The molecule has 3 rings (SSSR count). The Morgan fingerprint density at radius 2 is 1.86 bits per heavy atom. The van der Waals surface area contributed by atoms with Gasteiger partial charge in [-0.2, -0.15) is 13.2 Å². The van der Waals surface area contributed by atoms with Crippen LogP contribution in [-0.4, -0.2) is 22.4 Å². The van der Waals surface area contributed by atoms with Gasteiger partial charge in [-0.1, -0.05) is 23.2 Å². The van der Waals surface area contributed by atoms with Crippen LogP contribution in [0.5, 0.6) is 0 Å². The molecule has 0 spiro atoms. The second kappa shape index (κ2) is 4.51. The highest BCUT2D eigenvalue weighted by molar-refractivity contribution is 6.42. The van der Waals surface area contributed by atoms with Gasteiger partial charge in [0, 0.05) is 10.9 Å². The van der Waals surface area contributed by atoms with Gasteiger partial charge in [0.1, 0.15) is 6.17 Å². The molecule has 1 aromatic carbocycles. The van der Waals surface area contributed by atoms with Crippen LogP contribution in [-0.2, 0) is 12.0 Å². The third-order valence-corrected chi connectivity index (χ3v) is 4.58. The molecule has 114 valence electrons. The van der Waals surface area contributed by atoms with Crippen molar-refractivity contribution in [1.29, 1.82) is 0 Å². The molecule has 0 amide bonds. The van der Waals surface area contributed by atoms with Crippen LogP contribution < -0.4 is 0 Å². The van der Waals surface area contributed by atoms with E-state index in [1.54, 1.807) is 0 Å². The number of rotatable bonds is 0. The van der Waals surface area contributed by atoms with Crippen molar-refractivity contribution in [2.75, 3.05) is 0 Å². The Labute approximate surface area is 126 Å². The quantitative estimate of drug-likeness (QED) is 0.679. The van der Waals surface area contributed by atoms with E-state index in [0.717, 1.165) is 0 Å². The molecule has 2 unspecified atom stereocenters. The Hall–Kier alpha value is -0.980. The number of halogens is 6. The lowest BCUT2D eigenvalue weighted by molar-refractivity contribution is -0.292. The van der Waals surface area contributed by atoms with E-state index in [0.29, 0.717) is 5.39 Å². The summed E-state index contributed by atoms with van der Waals surface area (Å²) in [6.07, 6.45) is -7.90. The fraction of sp³-hybridized carbons (Fsp3) is 0.385. The van der Waals surface area contributed by atoms with E-state index < -0.39 is 30.1 Å². The van der Waals surface area contributed by atoms with Gasteiger partial charge >= 0.3 is 6.18 Å². The molecule has 0 aliphatic heterocycles. The molecule has 2 aromatic rings. The number of H-pyrrole nitrogens is 1. The number of aryl methyl sites for hydroxylation is 1. The number of benzene rings is 1. The Morgan fingerprint density at radius 1 is 1.24 bits per heavy atom. The molecule has 1 aliphatic carbocycles. The summed E-state index contributed by atoms with van der Waals surface area (Å²) in [6.45, 7) is 0. The maximum Gasteiger partial charge on any atom is 0.425 e. The SMILES string of the molecule is OC1(C(F)(F)F)c2[nH]c3cc(Cl)c(Cl)cc3c2CCC1F. The zero-order valence-electron chi connectivity index (χ0n) is 10.4. The number of aromatic nitrogens is 1. The molecule has 8 heteroatoms. The second-order valence-corrected chi connectivity index (χ2v) is 5.88. The molecule has 2 atom stereocenters. The van der Waals surface area contributed by atoms with Gasteiger partial charge in [0.05, 0.1) is 15.7 Å². The number of alkyl halides is 4. The van der Waals surface area contributed by atoms with Gasteiger partial charge in [0.25, 0.3) is 0 Å². The van der Waals surface area contributed by atoms with Crippen LogP contribution in [0.2, 0.25) is 10.0 Å². The molecule has 0 saturated heterocycles. The van der Waals surface area contributed by atoms with Crippen LogP contribution in [0.4, 0.5) is 17.6 Å². The van der Waals surface area contributed by atoms with Crippen molar-refractivity contribution in [3.63, 3.8) is 0 Å². The smallest absolute Gasteiger partial charge is 0.373 e. The van der Waals surface area contributed by atoms with E-state index in [4.69, 9.17) is 23.2 Å². The Morgan fingerprint density at radius 3 is 2.48 bits per heavy atom. The van der Waals surface area contributed by atoms with Gasteiger partial charge in [-0.3, -0.25) is 0 Å². The first-order valence-corrected chi connectivity index (χ1v) is 6.85. The van der Waals surface area contributed by atoms with E-state index in [9.17, 15) is 22.7 Å². The number of hydrogen-bond acceptors (Lipinski definition) is 1. The topological polar surface area (TPSA) is 36.0 Å². The molecule has 2 N–H and O–H groups in total. The van der Waals surface area contributed by atoms with Crippen molar-refractivity contribution >= 4 is 34.1 Å². The van der Waals surface area contributed by atoms with Crippen molar-refractivity contribution in [2.45, 2.75) is 30.8 Å². The van der Waals surface area contributed by atoms with Crippen molar-refractivity contribution in [3.8, 4) is 0 Å². The number of aliphatic hydroxyl groups is 1. The van der Waals surface area contributed by atoms with E-state index in [1.165, 1.54) is 12.1 Å². The average molecular weight is 342 g/mol. The minimum Gasteiger partial charge on any atom is -0.373 e. The number of aromatic amines is 1. The molecule has 1 aliphatic rings. The minimum atomic E-state index is -5.13.